The van der Waals surface area contributed by atoms with Crippen LogP contribution in [-0.4, -0.2) is 0 Å². The van der Waals surface area contributed by atoms with Crippen molar-refractivity contribution in [1.29, 1.82) is 0 Å². The first-order valence-electron chi connectivity index (χ1n) is 10.2. The standard InChI is InChI=1S/C26H38O/c1-17(2)20-12-13-21(19(4)16-20)24(26(8,9)10)27-23-14-11-18(3)15-22(23)25(5,6)7/h11-17,24H,1-10H3. The van der Waals surface area contributed by atoms with E-state index in [1.54, 1.807) is 0 Å². The van der Waals surface area contributed by atoms with Crippen LogP contribution >= 0.6 is 0 Å². The highest BCUT2D eigenvalue weighted by molar-refractivity contribution is 5.43. The molecule has 0 N–H and O–H groups in total. The van der Waals surface area contributed by atoms with Crippen molar-refractivity contribution in [2.24, 2.45) is 5.41 Å². The molecule has 0 aromatic heterocycles. The highest BCUT2D eigenvalue weighted by Crippen LogP contribution is 2.42. The summed E-state index contributed by atoms with van der Waals surface area (Å²) in [4.78, 5) is 0. The lowest BCUT2D eigenvalue weighted by Gasteiger charge is -2.35. The highest BCUT2D eigenvalue weighted by Gasteiger charge is 2.31. The molecule has 0 aliphatic carbocycles. The first kappa shape index (κ1) is 21.5. The van der Waals surface area contributed by atoms with Crippen molar-refractivity contribution in [2.45, 2.75) is 86.7 Å². The van der Waals surface area contributed by atoms with Gasteiger partial charge < -0.3 is 4.74 Å². The van der Waals surface area contributed by atoms with Crippen molar-refractivity contribution < 1.29 is 4.74 Å². The van der Waals surface area contributed by atoms with Gasteiger partial charge in [-0.1, -0.05) is 91.3 Å². The van der Waals surface area contributed by atoms with Gasteiger partial charge in [-0.25, -0.2) is 0 Å². The number of aryl methyl sites for hydroxylation is 2. The van der Waals surface area contributed by atoms with Crippen LogP contribution in [-0.2, 0) is 5.41 Å². The summed E-state index contributed by atoms with van der Waals surface area (Å²) >= 11 is 0. The molecule has 2 aromatic rings. The fraction of sp³-hybridized carbons (Fsp3) is 0.538. The monoisotopic (exact) mass is 366 g/mol. The summed E-state index contributed by atoms with van der Waals surface area (Å²) in [5.74, 6) is 1.54. The zero-order chi connectivity index (χ0) is 20.6. The van der Waals surface area contributed by atoms with Crippen molar-refractivity contribution in [1.82, 2.24) is 0 Å². The minimum atomic E-state index is -0.00977. The van der Waals surface area contributed by atoms with Gasteiger partial charge in [-0.15, -0.1) is 0 Å². The molecule has 0 bridgehead atoms. The van der Waals surface area contributed by atoms with E-state index in [-0.39, 0.29) is 16.9 Å². The van der Waals surface area contributed by atoms with E-state index >= 15 is 0 Å². The maximum Gasteiger partial charge on any atom is 0.129 e. The molecule has 1 unspecified atom stereocenters. The molecule has 0 amide bonds. The van der Waals surface area contributed by atoms with Crippen molar-refractivity contribution in [2.75, 3.05) is 0 Å². The van der Waals surface area contributed by atoms with Crippen LogP contribution in [0.4, 0.5) is 0 Å². The Morgan fingerprint density at radius 3 is 1.93 bits per heavy atom. The molecule has 0 aliphatic heterocycles. The second kappa shape index (κ2) is 7.70. The summed E-state index contributed by atoms with van der Waals surface area (Å²) in [6, 6.07) is 13.4. The molecule has 0 fully saturated rings. The maximum atomic E-state index is 6.76. The topological polar surface area (TPSA) is 9.23 Å². The second-order valence-corrected chi connectivity index (χ2v) is 10.4. The van der Waals surface area contributed by atoms with Crippen LogP contribution < -0.4 is 4.74 Å². The minimum absolute atomic E-state index is 0.00233. The van der Waals surface area contributed by atoms with E-state index in [9.17, 15) is 0 Å². The molecule has 0 saturated heterocycles. The predicted octanol–water partition coefficient (Wildman–Crippen LogP) is 7.89. The molecule has 1 nitrogen and oxygen atoms in total. The Morgan fingerprint density at radius 2 is 1.44 bits per heavy atom. The van der Waals surface area contributed by atoms with Crippen molar-refractivity contribution in [3.05, 3.63) is 64.2 Å². The highest BCUT2D eigenvalue weighted by atomic mass is 16.5. The van der Waals surface area contributed by atoms with Crippen LogP contribution in [0.2, 0.25) is 0 Å². The Kier molecular flexibility index (Phi) is 6.14. The van der Waals surface area contributed by atoms with E-state index in [0.29, 0.717) is 5.92 Å². The quantitative estimate of drug-likeness (QED) is 0.534. The molecule has 148 valence electrons. The Hall–Kier alpha value is -1.76. The Morgan fingerprint density at radius 1 is 0.815 bits per heavy atom. The van der Waals surface area contributed by atoms with E-state index in [2.05, 4.69) is 106 Å². The lowest BCUT2D eigenvalue weighted by atomic mass is 9.81. The molecule has 0 spiro atoms. The third kappa shape index (κ3) is 5.15. The van der Waals surface area contributed by atoms with Gasteiger partial charge >= 0.3 is 0 Å². The Labute approximate surface area is 167 Å². The molecule has 27 heavy (non-hydrogen) atoms. The summed E-state index contributed by atoms with van der Waals surface area (Å²) in [6.45, 7) is 22.4. The van der Waals surface area contributed by atoms with Gasteiger partial charge in [0.25, 0.3) is 0 Å². The molecule has 0 aliphatic rings. The van der Waals surface area contributed by atoms with Gasteiger partial charge in [-0.2, -0.15) is 0 Å². The minimum Gasteiger partial charge on any atom is -0.485 e. The Bertz CT molecular complexity index is 785. The molecule has 0 radical (unpaired) electrons. The predicted molar refractivity (Wildman–Crippen MR) is 118 cm³/mol. The molecular formula is C26H38O. The van der Waals surface area contributed by atoms with Gasteiger partial charge in [0.05, 0.1) is 0 Å². The van der Waals surface area contributed by atoms with Gasteiger partial charge in [0, 0.05) is 5.41 Å². The maximum absolute atomic E-state index is 6.76. The lowest BCUT2D eigenvalue weighted by molar-refractivity contribution is 0.0842. The van der Waals surface area contributed by atoms with Gasteiger partial charge in [-0.3, -0.25) is 0 Å². The normalized spacial score (nSPS) is 13.7. The molecule has 2 rings (SSSR count). The smallest absolute Gasteiger partial charge is 0.129 e. The number of hydrogen-bond donors (Lipinski definition) is 0. The fourth-order valence-electron chi connectivity index (χ4n) is 3.52. The largest absolute Gasteiger partial charge is 0.485 e. The first-order chi connectivity index (χ1) is 12.3. The van der Waals surface area contributed by atoms with Crippen LogP contribution in [0.3, 0.4) is 0 Å². The van der Waals surface area contributed by atoms with Crippen molar-refractivity contribution in [3.8, 4) is 5.75 Å². The average Bonchev–Trinajstić information content (AvgIpc) is 2.52. The fourth-order valence-corrected chi connectivity index (χ4v) is 3.52. The van der Waals surface area contributed by atoms with Gasteiger partial charge in [0.15, 0.2) is 0 Å². The average molecular weight is 367 g/mol. The number of hydrogen-bond acceptors (Lipinski definition) is 1. The lowest BCUT2D eigenvalue weighted by Crippen LogP contribution is -2.26. The molecule has 0 heterocycles. The van der Waals surface area contributed by atoms with E-state index < -0.39 is 0 Å². The summed E-state index contributed by atoms with van der Waals surface area (Å²) in [6.07, 6.45) is 0.00233. The zero-order valence-corrected chi connectivity index (χ0v) is 19.0. The summed E-state index contributed by atoms with van der Waals surface area (Å²) in [5.41, 5.74) is 6.56. The molecule has 0 saturated carbocycles. The zero-order valence-electron chi connectivity index (χ0n) is 19.0. The SMILES string of the molecule is Cc1ccc(OC(c2ccc(C(C)C)cc2C)C(C)(C)C)c(C(C)(C)C)c1. The molecule has 1 heteroatoms. The van der Waals surface area contributed by atoms with E-state index in [0.717, 1.165) is 5.75 Å². The Balaban J connectivity index is 2.53. The van der Waals surface area contributed by atoms with Crippen molar-refractivity contribution in [3.63, 3.8) is 0 Å². The van der Waals surface area contributed by atoms with Gasteiger partial charge in [0.1, 0.15) is 11.9 Å². The van der Waals surface area contributed by atoms with Crippen LogP contribution in [0.5, 0.6) is 5.75 Å². The number of benzene rings is 2. The number of rotatable bonds is 4. The molecule has 1 atom stereocenters. The number of ether oxygens (including phenoxy) is 1. The molecule has 2 aromatic carbocycles. The van der Waals surface area contributed by atoms with Crippen LogP contribution in [0, 0.1) is 19.3 Å². The summed E-state index contributed by atoms with van der Waals surface area (Å²) in [7, 11) is 0. The van der Waals surface area contributed by atoms with Gasteiger partial charge in [-0.05, 0) is 53.5 Å². The third-order valence-corrected chi connectivity index (χ3v) is 5.22. The second-order valence-electron chi connectivity index (χ2n) is 10.4. The first-order valence-corrected chi connectivity index (χ1v) is 10.2. The van der Waals surface area contributed by atoms with Crippen molar-refractivity contribution >= 4 is 0 Å². The molecular weight excluding hydrogens is 328 g/mol. The third-order valence-electron chi connectivity index (χ3n) is 5.22. The van der Waals surface area contributed by atoms with E-state index in [4.69, 9.17) is 4.74 Å². The van der Waals surface area contributed by atoms with Crippen LogP contribution in [0.15, 0.2) is 36.4 Å². The van der Waals surface area contributed by atoms with Crippen LogP contribution in [0.25, 0.3) is 0 Å². The summed E-state index contributed by atoms with van der Waals surface area (Å²) < 4.78 is 6.76. The van der Waals surface area contributed by atoms with E-state index in [1.807, 2.05) is 0 Å². The van der Waals surface area contributed by atoms with E-state index in [1.165, 1.54) is 27.8 Å². The summed E-state index contributed by atoms with van der Waals surface area (Å²) in [5, 5.41) is 0. The van der Waals surface area contributed by atoms with Crippen LogP contribution in [0.1, 0.15) is 95.2 Å². The van der Waals surface area contributed by atoms with Gasteiger partial charge in [0.2, 0.25) is 0 Å².